The molecule has 26 heavy (non-hydrogen) atoms. The number of anilines is 3. The third-order valence-corrected chi connectivity index (χ3v) is 4.72. The summed E-state index contributed by atoms with van der Waals surface area (Å²) in [4.78, 5) is 15.6. The Bertz CT molecular complexity index is 1020. The molecule has 4 rings (SSSR count). The van der Waals surface area contributed by atoms with Crippen molar-refractivity contribution in [2.75, 3.05) is 24.3 Å². The lowest BCUT2D eigenvalue weighted by Gasteiger charge is -2.12. The molecule has 0 spiro atoms. The predicted octanol–water partition coefficient (Wildman–Crippen LogP) is 0.975. The molecule has 134 valence electrons. The molecule has 1 aromatic carbocycles. The number of nitrogens with zero attached hydrogens (tertiary/aromatic N) is 5. The highest BCUT2D eigenvalue weighted by Crippen LogP contribution is 2.29. The lowest BCUT2D eigenvalue weighted by Crippen LogP contribution is -3.00. The van der Waals surface area contributed by atoms with E-state index in [1.807, 2.05) is 43.1 Å². The second-order valence-corrected chi connectivity index (χ2v) is 6.80. The molecule has 0 fully saturated rings. The van der Waals surface area contributed by atoms with Gasteiger partial charge >= 0.3 is 0 Å². The first-order chi connectivity index (χ1) is 12.1. The van der Waals surface area contributed by atoms with Gasteiger partial charge in [-0.25, -0.2) is 15.0 Å². The Balaban J connectivity index is 0.00000196. The van der Waals surface area contributed by atoms with Gasteiger partial charge in [-0.2, -0.15) is 0 Å². The Hall–Kier alpha value is -2.45. The van der Waals surface area contributed by atoms with E-state index >= 15 is 0 Å². The zero-order valence-corrected chi connectivity index (χ0v) is 17.0. The summed E-state index contributed by atoms with van der Waals surface area (Å²) in [7, 11) is 4.06. The molecule has 0 aliphatic rings. The van der Waals surface area contributed by atoms with Crippen molar-refractivity contribution in [1.29, 1.82) is 0 Å². The first-order valence-electron chi connectivity index (χ1n) is 7.92. The van der Waals surface area contributed by atoms with Crippen LogP contribution < -0.4 is 27.2 Å². The number of fused-ring (bicyclic) bond motifs is 1. The summed E-state index contributed by atoms with van der Waals surface area (Å²) in [5.74, 6) is 0.691. The van der Waals surface area contributed by atoms with E-state index in [1.165, 1.54) is 5.69 Å². The van der Waals surface area contributed by atoms with Crippen molar-refractivity contribution in [2.24, 2.45) is 0 Å². The molecule has 0 aliphatic carbocycles. The minimum Gasteiger partial charge on any atom is -1.00 e. The summed E-state index contributed by atoms with van der Waals surface area (Å²) in [6.45, 7) is 1.98. The number of aromatic nitrogens is 4. The summed E-state index contributed by atoms with van der Waals surface area (Å²) in [6, 6.07) is 10.2. The first kappa shape index (κ1) is 18.3. The van der Waals surface area contributed by atoms with Crippen molar-refractivity contribution in [2.45, 2.75) is 6.92 Å². The van der Waals surface area contributed by atoms with E-state index in [-0.39, 0.29) is 17.0 Å². The smallest absolute Gasteiger partial charge is 0.234 e. The van der Waals surface area contributed by atoms with Gasteiger partial charge in [0.2, 0.25) is 5.78 Å². The number of imidazole rings is 1. The van der Waals surface area contributed by atoms with E-state index in [1.54, 1.807) is 17.5 Å². The third-order valence-electron chi connectivity index (χ3n) is 3.96. The van der Waals surface area contributed by atoms with Crippen molar-refractivity contribution in [3.8, 4) is 11.4 Å². The Morgan fingerprint density at radius 2 is 1.88 bits per heavy atom. The second-order valence-electron chi connectivity index (χ2n) is 5.94. The van der Waals surface area contributed by atoms with Gasteiger partial charge in [0.05, 0.1) is 11.4 Å². The van der Waals surface area contributed by atoms with Crippen LogP contribution in [0.5, 0.6) is 0 Å². The van der Waals surface area contributed by atoms with Crippen LogP contribution in [-0.2, 0) is 0 Å². The zero-order chi connectivity index (χ0) is 17.4. The molecule has 0 unspecified atom stereocenters. The number of nitrogens with one attached hydrogen (secondary N) is 1. The number of hydrogen-bond donors (Lipinski definition) is 1. The monoisotopic (exact) mass is 429 g/mol. The van der Waals surface area contributed by atoms with E-state index in [9.17, 15) is 0 Å². The lowest BCUT2D eigenvalue weighted by atomic mass is 10.2. The average Bonchev–Trinajstić information content (AvgIpc) is 3.18. The summed E-state index contributed by atoms with van der Waals surface area (Å²) in [5, 5.41) is 6.26. The van der Waals surface area contributed by atoms with Crippen molar-refractivity contribution in [3.63, 3.8) is 0 Å². The number of hydrogen-bond acceptors (Lipinski definition) is 6. The number of aryl methyl sites for hydroxylation is 1. The van der Waals surface area contributed by atoms with Gasteiger partial charge in [0.1, 0.15) is 5.69 Å². The highest BCUT2D eigenvalue weighted by Gasteiger charge is 2.14. The van der Waals surface area contributed by atoms with Crippen LogP contribution in [0.3, 0.4) is 0 Å². The van der Waals surface area contributed by atoms with Crippen LogP contribution in [0, 0.1) is 6.92 Å². The molecule has 0 saturated carbocycles. The minimum atomic E-state index is 0. The Kier molecular flexibility index (Phi) is 5.24. The summed E-state index contributed by atoms with van der Waals surface area (Å²) >= 11 is 1.58. The summed E-state index contributed by atoms with van der Waals surface area (Å²) in [6.07, 6.45) is 3.71. The van der Waals surface area contributed by atoms with E-state index in [4.69, 9.17) is 4.98 Å². The highest BCUT2D eigenvalue weighted by atomic mass is 79.9. The molecule has 8 heteroatoms. The molecule has 0 atom stereocenters. The van der Waals surface area contributed by atoms with Gasteiger partial charge in [-0.05, 0) is 37.3 Å². The van der Waals surface area contributed by atoms with Gasteiger partial charge in [-0.3, -0.25) is 4.40 Å². The lowest BCUT2D eigenvalue weighted by molar-refractivity contribution is -0.00000531. The van der Waals surface area contributed by atoms with E-state index < -0.39 is 0 Å². The van der Waals surface area contributed by atoms with Crippen LogP contribution in [0.25, 0.3) is 17.2 Å². The molecule has 0 bridgehead atoms. The van der Waals surface area contributed by atoms with Crippen molar-refractivity contribution in [1.82, 2.24) is 19.4 Å². The molecule has 0 aliphatic heterocycles. The molecular weight excluding hydrogens is 412 g/mol. The van der Waals surface area contributed by atoms with Crippen LogP contribution in [-0.4, -0.2) is 33.4 Å². The summed E-state index contributed by atoms with van der Waals surface area (Å²) < 4.78 is 1.97. The van der Waals surface area contributed by atoms with Crippen LogP contribution in [0.4, 0.5) is 16.5 Å². The maximum Gasteiger partial charge on any atom is 0.234 e. The predicted molar refractivity (Wildman–Crippen MR) is 103 cm³/mol. The standard InChI is InChI=1S/C18H18N6S.BrH/c1-12-16(24-10-4-9-19-17(24)20-12)15-11-25-18(22-15)21-13-5-7-14(8-6-13)23(2)3;/h4-11H,1-3H3,(H,21,22);1H/p-1. The van der Waals surface area contributed by atoms with Crippen LogP contribution in [0.2, 0.25) is 0 Å². The molecule has 1 N–H and O–H groups in total. The molecule has 3 aromatic heterocycles. The molecule has 0 amide bonds. The number of benzene rings is 1. The highest BCUT2D eigenvalue weighted by molar-refractivity contribution is 7.14. The van der Waals surface area contributed by atoms with Crippen LogP contribution >= 0.6 is 11.3 Å². The quantitative estimate of drug-likeness (QED) is 0.523. The number of halogens is 1. The third kappa shape index (κ3) is 3.42. The fourth-order valence-corrected chi connectivity index (χ4v) is 3.43. The van der Waals surface area contributed by atoms with Gasteiger partial charge in [0, 0.05) is 43.2 Å². The molecule has 3 heterocycles. The molecule has 0 saturated heterocycles. The second kappa shape index (κ2) is 7.43. The van der Waals surface area contributed by atoms with Crippen molar-refractivity contribution >= 4 is 33.6 Å². The molecule has 6 nitrogen and oxygen atoms in total. The molecule has 0 radical (unpaired) electrons. The van der Waals surface area contributed by atoms with Crippen molar-refractivity contribution in [3.05, 3.63) is 53.8 Å². The maximum atomic E-state index is 4.72. The number of rotatable bonds is 4. The van der Waals surface area contributed by atoms with E-state index in [0.29, 0.717) is 5.78 Å². The van der Waals surface area contributed by atoms with Crippen molar-refractivity contribution < 1.29 is 17.0 Å². The Morgan fingerprint density at radius 1 is 1.12 bits per heavy atom. The Labute approximate surface area is 166 Å². The van der Waals surface area contributed by atoms with E-state index in [2.05, 4.69) is 44.5 Å². The van der Waals surface area contributed by atoms with Gasteiger partial charge in [0.15, 0.2) is 5.13 Å². The minimum absolute atomic E-state index is 0. The fraction of sp³-hybridized carbons (Fsp3) is 0.167. The number of thiazole rings is 1. The van der Waals surface area contributed by atoms with Gasteiger partial charge in [-0.1, -0.05) is 0 Å². The zero-order valence-electron chi connectivity index (χ0n) is 14.6. The molecular formula is C18H18BrN6S-. The fourth-order valence-electron chi connectivity index (χ4n) is 2.71. The van der Waals surface area contributed by atoms with Gasteiger partial charge in [-0.15, -0.1) is 11.3 Å². The topological polar surface area (TPSA) is 58.4 Å². The van der Waals surface area contributed by atoms with Gasteiger partial charge in [0.25, 0.3) is 0 Å². The Morgan fingerprint density at radius 3 is 2.62 bits per heavy atom. The maximum absolute atomic E-state index is 4.72. The van der Waals surface area contributed by atoms with Crippen LogP contribution in [0.1, 0.15) is 5.69 Å². The SMILES string of the molecule is Cc1nc2ncccn2c1-c1csc(Nc2ccc(N(C)C)cc2)n1.[Br-]. The average molecular weight is 430 g/mol. The largest absolute Gasteiger partial charge is 1.00 e. The normalized spacial score (nSPS) is 10.6. The summed E-state index contributed by atoms with van der Waals surface area (Å²) in [5.41, 5.74) is 4.99. The van der Waals surface area contributed by atoms with E-state index in [0.717, 1.165) is 27.9 Å². The first-order valence-corrected chi connectivity index (χ1v) is 8.80. The van der Waals surface area contributed by atoms with Crippen LogP contribution in [0.15, 0.2) is 48.1 Å². The molecule has 4 aromatic rings. The van der Waals surface area contributed by atoms with Gasteiger partial charge < -0.3 is 27.2 Å².